The smallest absolute Gasteiger partial charge is 0.250 e. The Morgan fingerprint density at radius 2 is 1.83 bits per heavy atom. The van der Waals surface area contributed by atoms with Crippen LogP contribution < -0.4 is 14.8 Å². The van der Waals surface area contributed by atoms with Crippen molar-refractivity contribution in [2.45, 2.75) is 45.3 Å². The van der Waals surface area contributed by atoms with Gasteiger partial charge in [0.05, 0.1) is 23.9 Å². The Bertz CT molecular complexity index is 1120. The highest BCUT2D eigenvalue weighted by Gasteiger charge is 2.44. The molecule has 0 bridgehead atoms. The summed E-state index contributed by atoms with van der Waals surface area (Å²) in [5.41, 5.74) is 3.22. The van der Waals surface area contributed by atoms with Gasteiger partial charge in [0.15, 0.2) is 17.3 Å². The number of Topliss-reactive ketones (excluding diaryl/α,β-unsaturated/α-hetero) is 1. The van der Waals surface area contributed by atoms with Gasteiger partial charge < -0.3 is 24.3 Å². The predicted molar refractivity (Wildman–Crippen MR) is 131 cm³/mol. The quantitative estimate of drug-likeness (QED) is 0.658. The van der Waals surface area contributed by atoms with Crippen LogP contribution in [0.25, 0.3) is 5.57 Å². The van der Waals surface area contributed by atoms with E-state index < -0.39 is 0 Å². The summed E-state index contributed by atoms with van der Waals surface area (Å²) in [4.78, 5) is 25.9. The van der Waals surface area contributed by atoms with Crippen LogP contribution in [-0.4, -0.2) is 43.7 Å². The van der Waals surface area contributed by atoms with E-state index in [-0.39, 0.29) is 42.3 Å². The largest absolute Gasteiger partial charge is 0.496 e. The third kappa shape index (κ3) is 5.05. The molecule has 2 heterocycles. The van der Waals surface area contributed by atoms with Gasteiger partial charge in [0.25, 0.3) is 0 Å². The maximum absolute atomic E-state index is 13.5. The molecule has 1 amide bonds. The van der Waals surface area contributed by atoms with Gasteiger partial charge in [-0.2, -0.15) is 0 Å². The van der Waals surface area contributed by atoms with Crippen molar-refractivity contribution in [1.29, 1.82) is 0 Å². The van der Waals surface area contributed by atoms with Gasteiger partial charge in [-0.05, 0) is 49.1 Å². The lowest BCUT2D eigenvalue weighted by Gasteiger charge is -2.41. The Balaban J connectivity index is 1.23. The third-order valence-electron chi connectivity index (χ3n) is 7.10. The fourth-order valence-corrected chi connectivity index (χ4v) is 5.13. The molecule has 3 aliphatic rings. The molecular weight excluding hydrogens is 446 g/mol. The maximum Gasteiger partial charge on any atom is 0.250 e. The van der Waals surface area contributed by atoms with Crippen molar-refractivity contribution in [2.24, 2.45) is 11.8 Å². The second kappa shape index (κ2) is 10.1. The molecule has 7 nitrogen and oxygen atoms in total. The van der Waals surface area contributed by atoms with Crippen LogP contribution in [0.15, 0.2) is 48.7 Å². The molecule has 35 heavy (non-hydrogen) atoms. The van der Waals surface area contributed by atoms with Gasteiger partial charge in [0.1, 0.15) is 25.9 Å². The molecule has 4 unspecified atom stereocenters. The molecule has 1 N–H and O–H groups in total. The highest BCUT2D eigenvalue weighted by atomic mass is 16.6. The van der Waals surface area contributed by atoms with E-state index in [9.17, 15) is 9.59 Å². The first-order valence-electron chi connectivity index (χ1n) is 12.3. The van der Waals surface area contributed by atoms with Gasteiger partial charge >= 0.3 is 0 Å². The summed E-state index contributed by atoms with van der Waals surface area (Å²) >= 11 is 0. The number of amides is 1. The fraction of sp³-hybridized carbons (Fsp3) is 0.429. The summed E-state index contributed by atoms with van der Waals surface area (Å²) in [7, 11) is 0. The van der Waals surface area contributed by atoms with Gasteiger partial charge in [0, 0.05) is 12.1 Å². The molecule has 1 fully saturated rings. The summed E-state index contributed by atoms with van der Waals surface area (Å²) in [6.07, 6.45) is 3.30. The topological polar surface area (TPSA) is 83.1 Å². The molecule has 7 heteroatoms. The van der Waals surface area contributed by atoms with Crippen molar-refractivity contribution in [3.8, 4) is 11.5 Å². The maximum atomic E-state index is 13.5. The number of fused-ring (bicyclic) bond motifs is 2. The molecule has 0 spiro atoms. The number of nitrogens with one attached hydrogen (secondary N) is 1. The zero-order valence-electron chi connectivity index (χ0n) is 20.1. The van der Waals surface area contributed by atoms with Gasteiger partial charge in [-0.25, -0.2) is 0 Å². The molecule has 184 valence electrons. The molecule has 1 saturated carbocycles. The molecule has 2 aromatic rings. The van der Waals surface area contributed by atoms with E-state index in [1.165, 1.54) is 0 Å². The normalized spacial score (nSPS) is 25.2. The predicted octanol–water partition coefficient (Wildman–Crippen LogP) is 4.54. The van der Waals surface area contributed by atoms with Gasteiger partial charge in [0.2, 0.25) is 5.91 Å². The number of hydrogen-bond donors (Lipinski definition) is 1. The van der Waals surface area contributed by atoms with Crippen molar-refractivity contribution in [3.05, 3.63) is 59.9 Å². The van der Waals surface area contributed by atoms with Gasteiger partial charge in [-0.3, -0.25) is 9.59 Å². The summed E-state index contributed by atoms with van der Waals surface area (Å²) in [6.45, 7) is 5.09. The molecule has 0 aromatic heterocycles. The lowest BCUT2D eigenvalue weighted by Crippen LogP contribution is -2.46. The van der Waals surface area contributed by atoms with Crippen molar-refractivity contribution in [1.82, 2.24) is 0 Å². The number of benzene rings is 2. The van der Waals surface area contributed by atoms with E-state index in [4.69, 9.17) is 18.9 Å². The monoisotopic (exact) mass is 477 g/mol. The van der Waals surface area contributed by atoms with E-state index in [1.54, 1.807) is 6.26 Å². The summed E-state index contributed by atoms with van der Waals surface area (Å²) in [5.74, 6) is 1.19. The molecule has 2 aliphatic heterocycles. The van der Waals surface area contributed by atoms with Crippen LogP contribution in [0, 0.1) is 18.8 Å². The average molecular weight is 478 g/mol. The first-order valence-corrected chi connectivity index (χ1v) is 12.3. The number of allylic oxidation sites excluding steroid dienone is 1. The number of carbonyl (C=O) groups excluding carboxylic acids is 2. The number of anilines is 1. The third-order valence-corrected chi connectivity index (χ3v) is 7.10. The van der Waals surface area contributed by atoms with Crippen LogP contribution in [0.4, 0.5) is 5.69 Å². The van der Waals surface area contributed by atoms with Crippen molar-refractivity contribution >= 4 is 23.0 Å². The minimum absolute atomic E-state index is 0.0291. The highest BCUT2D eigenvalue weighted by molar-refractivity contribution is 6.22. The minimum Gasteiger partial charge on any atom is -0.496 e. The number of hydrogen-bond acceptors (Lipinski definition) is 6. The SMILES string of the molecule is CCC1CC2C(=O)C(c3ccc4c(c3)OCCO4)=COC2CC1OCC(=O)Nc1ccc(C)cc1. The second-order valence-corrected chi connectivity index (χ2v) is 9.44. The molecule has 2 aromatic carbocycles. The van der Waals surface area contributed by atoms with Crippen LogP contribution in [0.5, 0.6) is 11.5 Å². The van der Waals surface area contributed by atoms with Crippen molar-refractivity contribution in [3.63, 3.8) is 0 Å². The van der Waals surface area contributed by atoms with Crippen LogP contribution in [0.3, 0.4) is 0 Å². The van der Waals surface area contributed by atoms with E-state index in [0.717, 1.165) is 23.2 Å². The lowest BCUT2D eigenvalue weighted by molar-refractivity contribution is -0.137. The zero-order chi connectivity index (χ0) is 24.4. The minimum atomic E-state index is -0.253. The van der Waals surface area contributed by atoms with Crippen LogP contribution in [0.2, 0.25) is 0 Å². The molecule has 4 atom stereocenters. The standard InChI is InChI=1S/C28H31NO6/c1-3-18-12-21-25(14-24(18)35-16-27(30)29-20-7-4-17(2)5-8-20)34-15-22(28(21)31)19-6-9-23-26(13-19)33-11-10-32-23/h4-9,13,15,18,21,24-25H,3,10-12,14,16H2,1-2H3,(H,29,30). The lowest BCUT2D eigenvalue weighted by atomic mass is 9.72. The zero-order valence-corrected chi connectivity index (χ0v) is 20.1. The highest BCUT2D eigenvalue weighted by Crippen LogP contribution is 2.42. The Hall–Kier alpha value is -3.32. The number of aryl methyl sites for hydroxylation is 1. The van der Waals surface area contributed by atoms with E-state index in [1.807, 2.05) is 49.4 Å². The van der Waals surface area contributed by atoms with E-state index in [2.05, 4.69) is 12.2 Å². The Morgan fingerprint density at radius 3 is 2.60 bits per heavy atom. The first-order chi connectivity index (χ1) is 17.0. The second-order valence-electron chi connectivity index (χ2n) is 9.44. The van der Waals surface area contributed by atoms with E-state index in [0.29, 0.717) is 43.1 Å². The molecule has 5 rings (SSSR count). The summed E-state index contributed by atoms with van der Waals surface area (Å²) in [6, 6.07) is 13.2. The summed E-state index contributed by atoms with van der Waals surface area (Å²) < 4.78 is 23.4. The summed E-state index contributed by atoms with van der Waals surface area (Å²) in [5, 5.41) is 2.87. The first kappa shape index (κ1) is 23.4. The number of carbonyl (C=O) groups is 2. The molecule has 1 aliphatic carbocycles. The molecular formula is C28H31NO6. The van der Waals surface area contributed by atoms with Crippen LogP contribution >= 0.6 is 0 Å². The van der Waals surface area contributed by atoms with Crippen molar-refractivity contribution in [2.75, 3.05) is 25.1 Å². The Morgan fingerprint density at radius 1 is 1.06 bits per heavy atom. The average Bonchev–Trinajstić information content (AvgIpc) is 2.88. The number of rotatable bonds is 6. The molecule has 0 radical (unpaired) electrons. The Kier molecular flexibility index (Phi) is 6.77. The van der Waals surface area contributed by atoms with E-state index >= 15 is 0 Å². The fourth-order valence-electron chi connectivity index (χ4n) is 5.13. The van der Waals surface area contributed by atoms with Gasteiger partial charge in [-0.15, -0.1) is 0 Å². The van der Waals surface area contributed by atoms with Crippen molar-refractivity contribution < 1.29 is 28.5 Å². The number of ether oxygens (including phenoxy) is 4. The molecule has 0 saturated heterocycles. The van der Waals surface area contributed by atoms with Crippen LogP contribution in [-0.2, 0) is 19.1 Å². The Labute approximate surface area is 205 Å². The van der Waals surface area contributed by atoms with Crippen LogP contribution in [0.1, 0.15) is 37.3 Å². The number of ketones is 1. The van der Waals surface area contributed by atoms with Gasteiger partial charge in [-0.1, -0.05) is 37.1 Å².